The topological polar surface area (TPSA) is 77.0 Å². The lowest BCUT2D eigenvalue weighted by molar-refractivity contribution is -0.124. The summed E-state index contributed by atoms with van der Waals surface area (Å²) in [7, 11) is 1.51. The zero-order valence-electron chi connectivity index (χ0n) is 15.8. The first kappa shape index (κ1) is 18.3. The molecular weight excluding hydrogens is 352 g/mol. The van der Waals surface area contributed by atoms with Crippen LogP contribution in [0.25, 0.3) is 22.5 Å². The molecule has 3 aromatic rings. The number of carbonyl (C=O) groups excluding carboxylic acids is 1. The van der Waals surface area contributed by atoms with E-state index in [0.29, 0.717) is 12.5 Å². The van der Waals surface area contributed by atoms with Crippen LogP contribution in [-0.2, 0) is 16.1 Å². The summed E-state index contributed by atoms with van der Waals surface area (Å²) in [6, 6.07) is 13.9. The Kier molecular flexibility index (Phi) is 5.39. The van der Waals surface area contributed by atoms with Gasteiger partial charge in [0.1, 0.15) is 12.4 Å². The van der Waals surface area contributed by atoms with Gasteiger partial charge < -0.3 is 10.1 Å². The van der Waals surface area contributed by atoms with Crippen molar-refractivity contribution in [3.8, 4) is 22.5 Å². The Morgan fingerprint density at radius 3 is 2.64 bits per heavy atom. The first-order chi connectivity index (χ1) is 13.7. The SMILES string of the molecule is COCC(=O)NCc1ccc(-c2nc(C3CC3)ncc2-c2ccccn2)cc1. The second-order valence-corrected chi connectivity index (χ2v) is 6.89. The number of methoxy groups -OCH3 is 1. The van der Waals surface area contributed by atoms with Gasteiger partial charge in [0.15, 0.2) is 0 Å². The van der Waals surface area contributed by atoms with Crippen molar-refractivity contribution in [2.45, 2.75) is 25.3 Å². The van der Waals surface area contributed by atoms with Crippen LogP contribution in [0.2, 0.25) is 0 Å². The van der Waals surface area contributed by atoms with E-state index in [4.69, 9.17) is 9.72 Å². The number of benzene rings is 1. The van der Waals surface area contributed by atoms with Crippen LogP contribution in [-0.4, -0.2) is 34.6 Å². The molecule has 0 atom stereocenters. The first-order valence-electron chi connectivity index (χ1n) is 9.38. The van der Waals surface area contributed by atoms with E-state index in [-0.39, 0.29) is 12.5 Å². The van der Waals surface area contributed by atoms with E-state index in [2.05, 4.69) is 15.3 Å². The quantitative estimate of drug-likeness (QED) is 0.686. The summed E-state index contributed by atoms with van der Waals surface area (Å²) in [5.74, 6) is 1.26. The largest absolute Gasteiger partial charge is 0.375 e. The van der Waals surface area contributed by atoms with Crippen LogP contribution in [0.1, 0.15) is 30.1 Å². The van der Waals surface area contributed by atoms with E-state index in [1.807, 2.05) is 48.7 Å². The molecule has 0 bridgehead atoms. The van der Waals surface area contributed by atoms with Gasteiger partial charge in [0.2, 0.25) is 5.91 Å². The Labute approximate surface area is 164 Å². The molecule has 0 saturated heterocycles. The van der Waals surface area contributed by atoms with Crippen molar-refractivity contribution in [1.29, 1.82) is 0 Å². The maximum absolute atomic E-state index is 11.6. The molecule has 2 heterocycles. The number of rotatable bonds is 7. The molecule has 142 valence electrons. The number of amides is 1. The molecule has 1 amide bonds. The van der Waals surface area contributed by atoms with Gasteiger partial charge in [0.05, 0.1) is 11.4 Å². The summed E-state index contributed by atoms with van der Waals surface area (Å²) in [6.45, 7) is 0.531. The van der Waals surface area contributed by atoms with Crippen molar-refractivity contribution in [1.82, 2.24) is 20.3 Å². The summed E-state index contributed by atoms with van der Waals surface area (Å²) in [5, 5.41) is 2.83. The summed E-state index contributed by atoms with van der Waals surface area (Å²) in [5.41, 5.74) is 4.70. The summed E-state index contributed by atoms with van der Waals surface area (Å²) in [4.78, 5) is 25.5. The van der Waals surface area contributed by atoms with E-state index >= 15 is 0 Å². The van der Waals surface area contributed by atoms with Crippen molar-refractivity contribution in [3.63, 3.8) is 0 Å². The van der Waals surface area contributed by atoms with E-state index in [1.165, 1.54) is 7.11 Å². The van der Waals surface area contributed by atoms with Crippen LogP contribution in [0.15, 0.2) is 54.9 Å². The lowest BCUT2D eigenvalue weighted by Gasteiger charge is -2.11. The van der Waals surface area contributed by atoms with Gasteiger partial charge in [-0.3, -0.25) is 9.78 Å². The molecule has 0 aliphatic heterocycles. The molecule has 6 nitrogen and oxygen atoms in total. The van der Waals surface area contributed by atoms with Crippen LogP contribution in [0.5, 0.6) is 0 Å². The third-order valence-corrected chi connectivity index (χ3v) is 4.68. The monoisotopic (exact) mass is 374 g/mol. The highest BCUT2D eigenvalue weighted by Gasteiger charge is 2.27. The molecule has 0 unspecified atom stereocenters. The molecule has 6 heteroatoms. The molecule has 1 aliphatic carbocycles. The molecule has 0 radical (unpaired) electrons. The normalized spacial score (nSPS) is 13.3. The molecule has 0 spiro atoms. The highest BCUT2D eigenvalue weighted by Crippen LogP contribution is 2.39. The Bertz CT molecular complexity index is 954. The number of carbonyl (C=O) groups is 1. The van der Waals surface area contributed by atoms with Gasteiger partial charge in [-0.1, -0.05) is 30.3 Å². The fraction of sp³-hybridized carbons (Fsp3) is 0.273. The third kappa shape index (κ3) is 4.23. The maximum Gasteiger partial charge on any atom is 0.246 e. The second kappa shape index (κ2) is 8.27. The average molecular weight is 374 g/mol. The zero-order valence-corrected chi connectivity index (χ0v) is 15.8. The maximum atomic E-state index is 11.6. The fourth-order valence-electron chi connectivity index (χ4n) is 3.03. The number of pyridine rings is 1. The van der Waals surface area contributed by atoms with Gasteiger partial charge in [0, 0.05) is 43.1 Å². The molecule has 28 heavy (non-hydrogen) atoms. The highest BCUT2D eigenvalue weighted by molar-refractivity contribution is 5.79. The third-order valence-electron chi connectivity index (χ3n) is 4.68. The van der Waals surface area contributed by atoms with Crippen LogP contribution < -0.4 is 5.32 Å². The Morgan fingerprint density at radius 1 is 1.14 bits per heavy atom. The molecule has 1 aromatic carbocycles. The summed E-state index contributed by atoms with van der Waals surface area (Å²) in [6.07, 6.45) is 5.97. The van der Waals surface area contributed by atoms with E-state index in [0.717, 1.165) is 46.7 Å². The van der Waals surface area contributed by atoms with E-state index in [9.17, 15) is 4.79 Å². The van der Waals surface area contributed by atoms with Crippen molar-refractivity contribution in [2.24, 2.45) is 0 Å². The number of nitrogens with one attached hydrogen (secondary N) is 1. The average Bonchev–Trinajstić information content (AvgIpc) is 3.59. The molecule has 1 fully saturated rings. The standard InChI is InChI=1S/C22H22N4O2/c1-28-14-20(27)24-12-15-5-7-16(8-6-15)21-18(19-4-2-3-11-23-19)13-25-22(26-21)17-9-10-17/h2-8,11,13,17H,9-10,12,14H2,1H3,(H,24,27). The number of hydrogen-bond acceptors (Lipinski definition) is 5. The Morgan fingerprint density at radius 2 is 1.96 bits per heavy atom. The molecule has 1 aliphatic rings. The van der Waals surface area contributed by atoms with Crippen molar-refractivity contribution in [2.75, 3.05) is 13.7 Å². The second-order valence-electron chi connectivity index (χ2n) is 6.89. The lowest BCUT2D eigenvalue weighted by Crippen LogP contribution is -2.26. The first-order valence-corrected chi connectivity index (χ1v) is 9.38. The number of hydrogen-bond donors (Lipinski definition) is 1. The summed E-state index contributed by atoms with van der Waals surface area (Å²) >= 11 is 0. The molecule has 2 aromatic heterocycles. The van der Waals surface area contributed by atoms with Gasteiger partial charge in [0.25, 0.3) is 0 Å². The van der Waals surface area contributed by atoms with Gasteiger partial charge in [-0.25, -0.2) is 9.97 Å². The van der Waals surface area contributed by atoms with Gasteiger partial charge >= 0.3 is 0 Å². The predicted octanol–water partition coefficient (Wildman–Crippen LogP) is 3.35. The van der Waals surface area contributed by atoms with Crippen LogP contribution in [0, 0.1) is 0 Å². The molecule has 1 saturated carbocycles. The van der Waals surface area contributed by atoms with E-state index in [1.54, 1.807) is 6.20 Å². The van der Waals surface area contributed by atoms with Crippen molar-refractivity contribution >= 4 is 5.91 Å². The molecule has 4 rings (SSSR count). The number of aromatic nitrogens is 3. The summed E-state index contributed by atoms with van der Waals surface area (Å²) < 4.78 is 4.83. The van der Waals surface area contributed by atoms with Crippen LogP contribution in [0.3, 0.4) is 0 Å². The number of ether oxygens (including phenoxy) is 1. The van der Waals surface area contributed by atoms with Crippen LogP contribution in [0.4, 0.5) is 0 Å². The Balaban J connectivity index is 1.62. The Hall–Kier alpha value is -3.12. The van der Waals surface area contributed by atoms with Crippen molar-refractivity contribution < 1.29 is 9.53 Å². The predicted molar refractivity (Wildman–Crippen MR) is 106 cm³/mol. The zero-order chi connectivity index (χ0) is 19.3. The fourth-order valence-corrected chi connectivity index (χ4v) is 3.03. The minimum absolute atomic E-state index is 0.0659. The number of nitrogens with zero attached hydrogens (tertiary/aromatic N) is 3. The lowest BCUT2D eigenvalue weighted by atomic mass is 10.0. The van der Waals surface area contributed by atoms with Gasteiger partial charge in [-0.05, 0) is 30.5 Å². The van der Waals surface area contributed by atoms with Crippen LogP contribution >= 0.6 is 0 Å². The minimum Gasteiger partial charge on any atom is -0.375 e. The molecule has 1 N–H and O–H groups in total. The smallest absolute Gasteiger partial charge is 0.246 e. The van der Waals surface area contributed by atoms with Gasteiger partial charge in [-0.2, -0.15) is 0 Å². The van der Waals surface area contributed by atoms with E-state index < -0.39 is 0 Å². The minimum atomic E-state index is -0.131. The van der Waals surface area contributed by atoms with Crippen molar-refractivity contribution in [3.05, 3.63) is 66.2 Å². The highest BCUT2D eigenvalue weighted by atomic mass is 16.5. The molecular formula is C22H22N4O2. The van der Waals surface area contributed by atoms with Gasteiger partial charge in [-0.15, -0.1) is 0 Å².